The van der Waals surface area contributed by atoms with Gasteiger partial charge in [0.2, 0.25) is 0 Å². The molecule has 5 heteroatoms. The second-order valence-electron chi connectivity index (χ2n) is 5.09. The molecule has 1 heterocycles. The molecule has 3 aromatic rings. The molecule has 0 unspecified atom stereocenters. The highest BCUT2D eigenvalue weighted by Gasteiger charge is 2.14. The van der Waals surface area contributed by atoms with Crippen LogP contribution in [0.2, 0.25) is 5.02 Å². The molecule has 1 aromatic heterocycles. The van der Waals surface area contributed by atoms with Gasteiger partial charge in [-0.3, -0.25) is 0 Å². The highest BCUT2D eigenvalue weighted by molar-refractivity contribution is 7.21. The Labute approximate surface area is 143 Å². The zero-order valence-electron chi connectivity index (χ0n) is 12.7. The number of hydrogen-bond acceptors (Lipinski definition) is 4. The molecule has 0 radical (unpaired) electrons. The minimum Gasteiger partial charge on any atom is -0.312 e. The molecule has 2 aromatic carbocycles. The Morgan fingerprint density at radius 3 is 2.57 bits per heavy atom. The Morgan fingerprint density at radius 1 is 1.13 bits per heavy atom. The van der Waals surface area contributed by atoms with Crippen LogP contribution >= 0.6 is 22.9 Å². The highest BCUT2D eigenvalue weighted by atomic mass is 35.5. The quantitative estimate of drug-likeness (QED) is 0.360. The third kappa shape index (κ3) is 3.14. The van der Waals surface area contributed by atoms with Crippen LogP contribution in [0.25, 0.3) is 10.1 Å². The molecule has 0 bridgehead atoms. The van der Waals surface area contributed by atoms with Gasteiger partial charge in [0.05, 0.1) is 21.2 Å². The Morgan fingerprint density at radius 2 is 1.83 bits per heavy atom. The summed E-state index contributed by atoms with van der Waals surface area (Å²) >= 11 is 7.62. The minimum absolute atomic E-state index is 0.304. The van der Waals surface area contributed by atoms with E-state index in [0.29, 0.717) is 16.3 Å². The Balaban J connectivity index is 1.86. The highest BCUT2D eigenvalue weighted by Crippen LogP contribution is 2.31. The van der Waals surface area contributed by atoms with Crippen molar-refractivity contribution < 1.29 is 9.63 Å². The fourth-order valence-corrected chi connectivity index (χ4v) is 3.71. The van der Waals surface area contributed by atoms with Crippen molar-refractivity contribution in [3.05, 3.63) is 69.6 Å². The number of carbonyl (C=O) groups excluding carboxylic acids is 1. The van der Waals surface area contributed by atoms with Gasteiger partial charge in [-0.15, -0.1) is 11.3 Å². The van der Waals surface area contributed by atoms with Gasteiger partial charge in [-0.2, -0.15) is 0 Å². The lowest BCUT2D eigenvalue weighted by molar-refractivity contribution is 0.0516. The second kappa shape index (κ2) is 6.52. The number of hydrogen-bond donors (Lipinski definition) is 0. The van der Waals surface area contributed by atoms with Crippen LogP contribution < -0.4 is 0 Å². The zero-order chi connectivity index (χ0) is 16.4. The van der Waals surface area contributed by atoms with Gasteiger partial charge in [0.25, 0.3) is 0 Å². The first-order valence-electron chi connectivity index (χ1n) is 7.07. The molecule has 0 N–H and O–H groups in total. The number of rotatable bonds is 3. The molecular formula is C18H14ClNO2S. The normalized spacial score (nSPS) is 11.7. The fraction of sp³-hybridized carbons (Fsp3) is 0.111. The molecule has 0 aliphatic rings. The van der Waals surface area contributed by atoms with Crippen LogP contribution in [0.15, 0.2) is 53.7 Å². The lowest BCUT2D eigenvalue weighted by atomic mass is 10.1. The lowest BCUT2D eigenvalue weighted by Crippen LogP contribution is -2.04. The first-order valence-corrected chi connectivity index (χ1v) is 8.26. The molecule has 0 fully saturated rings. The van der Waals surface area contributed by atoms with Gasteiger partial charge in [0.1, 0.15) is 0 Å². The predicted molar refractivity (Wildman–Crippen MR) is 95.6 cm³/mol. The number of aryl methyl sites for hydroxylation is 1. The molecule has 3 rings (SSSR count). The van der Waals surface area contributed by atoms with Crippen LogP contribution in [-0.4, -0.2) is 11.7 Å². The predicted octanol–water partition coefficient (Wildman–Crippen LogP) is 5.44. The van der Waals surface area contributed by atoms with E-state index in [-0.39, 0.29) is 0 Å². The second-order valence-corrected chi connectivity index (χ2v) is 6.55. The van der Waals surface area contributed by atoms with Crippen LogP contribution in [-0.2, 0) is 4.84 Å². The van der Waals surface area contributed by atoms with E-state index in [2.05, 4.69) is 17.3 Å². The summed E-state index contributed by atoms with van der Waals surface area (Å²) in [4.78, 5) is 18.1. The van der Waals surface area contributed by atoms with Gasteiger partial charge >= 0.3 is 5.97 Å². The van der Waals surface area contributed by atoms with Crippen molar-refractivity contribution in [3.63, 3.8) is 0 Å². The third-order valence-electron chi connectivity index (χ3n) is 3.53. The van der Waals surface area contributed by atoms with Gasteiger partial charge < -0.3 is 4.84 Å². The van der Waals surface area contributed by atoms with Gasteiger partial charge in [0, 0.05) is 4.70 Å². The van der Waals surface area contributed by atoms with Gasteiger partial charge in [0.15, 0.2) is 0 Å². The van der Waals surface area contributed by atoms with E-state index in [1.54, 1.807) is 35.6 Å². The maximum atomic E-state index is 12.0. The molecule has 0 saturated heterocycles. The Hall–Kier alpha value is -2.17. The molecule has 0 aliphatic heterocycles. The molecule has 23 heavy (non-hydrogen) atoms. The van der Waals surface area contributed by atoms with E-state index >= 15 is 0 Å². The standard InChI is InChI=1S/C18H14ClNO2S/c1-11-13-7-4-6-10-16(13)23-17(11)12(2)20-22-18(21)14-8-3-5-9-15(14)19/h3-10H,1-2H3/b20-12+. The van der Waals surface area contributed by atoms with Gasteiger partial charge in [-0.05, 0) is 43.0 Å². The summed E-state index contributed by atoms with van der Waals surface area (Å²) in [6.07, 6.45) is 0. The number of fused-ring (bicyclic) bond motifs is 1. The van der Waals surface area contributed by atoms with Gasteiger partial charge in [-0.1, -0.05) is 47.1 Å². The Bertz CT molecular complexity index is 914. The van der Waals surface area contributed by atoms with Crippen molar-refractivity contribution in [2.45, 2.75) is 13.8 Å². The monoisotopic (exact) mass is 343 g/mol. The Kier molecular flexibility index (Phi) is 4.46. The maximum Gasteiger partial charge on any atom is 0.367 e. The number of oxime groups is 1. The van der Waals surface area contributed by atoms with Crippen molar-refractivity contribution in [3.8, 4) is 0 Å². The minimum atomic E-state index is -0.561. The largest absolute Gasteiger partial charge is 0.367 e. The van der Waals surface area contributed by atoms with Crippen LogP contribution in [0.1, 0.15) is 27.7 Å². The van der Waals surface area contributed by atoms with E-state index in [1.165, 1.54) is 10.1 Å². The van der Waals surface area contributed by atoms with Crippen molar-refractivity contribution in [1.29, 1.82) is 0 Å². The molecule has 0 spiro atoms. The molecule has 3 nitrogen and oxygen atoms in total. The summed E-state index contributed by atoms with van der Waals surface area (Å²) < 4.78 is 1.19. The third-order valence-corrected chi connectivity index (χ3v) is 5.24. The van der Waals surface area contributed by atoms with E-state index in [1.807, 2.05) is 26.0 Å². The molecule has 116 valence electrons. The van der Waals surface area contributed by atoms with Gasteiger partial charge in [-0.25, -0.2) is 4.79 Å². The van der Waals surface area contributed by atoms with Crippen molar-refractivity contribution in [2.24, 2.45) is 5.16 Å². The van der Waals surface area contributed by atoms with Crippen molar-refractivity contribution >= 4 is 44.7 Å². The molecule has 0 atom stereocenters. The number of carbonyl (C=O) groups is 1. The molecule has 0 aliphatic carbocycles. The summed E-state index contributed by atoms with van der Waals surface area (Å²) in [6, 6.07) is 14.9. The molecule has 0 amide bonds. The van der Waals surface area contributed by atoms with E-state index in [0.717, 1.165) is 10.4 Å². The lowest BCUT2D eigenvalue weighted by Gasteiger charge is -2.02. The van der Waals surface area contributed by atoms with Crippen LogP contribution in [0.4, 0.5) is 0 Å². The van der Waals surface area contributed by atoms with E-state index in [4.69, 9.17) is 16.4 Å². The average Bonchev–Trinajstić information content (AvgIpc) is 2.90. The topological polar surface area (TPSA) is 38.7 Å². The summed E-state index contributed by atoms with van der Waals surface area (Å²) in [6.45, 7) is 3.88. The summed E-state index contributed by atoms with van der Waals surface area (Å²) in [5, 5.41) is 5.53. The summed E-state index contributed by atoms with van der Waals surface area (Å²) in [5.74, 6) is -0.561. The maximum absolute atomic E-state index is 12.0. The van der Waals surface area contributed by atoms with Crippen LogP contribution in [0.5, 0.6) is 0 Å². The smallest absolute Gasteiger partial charge is 0.312 e. The first-order chi connectivity index (χ1) is 11.1. The zero-order valence-corrected chi connectivity index (χ0v) is 14.2. The summed E-state index contributed by atoms with van der Waals surface area (Å²) in [7, 11) is 0. The first kappa shape index (κ1) is 15.7. The summed E-state index contributed by atoms with van der Waals surface area (Å²) in [5.41, 5.74) is 2.11. The van der Waals surface area contributed by atoms with Crippen LogP contribution in [0.3, 0.4) is 0 Å². The van der Waals surface area contributed by atoms with Crippen molar-refractivity contribution in [1.82, 2.24) is 0 Å². The number of thiophene rings is 1. The number of benzene rings is 2. The number of nitrogens with zero attached hydrogens (tertiary/aromatic N) is 1. The SMILES string of the molecule is C/C(=N\OC(=O)c1ccccc1Cl)c1sc2ccccc2c1C. The molecule has 0 saturated carbocycles. The van der Waals surface area contributed by atoms with Crippen molar-refractivity contribution in [2.75, 3.05) is 0 Å². The number of halogens is 1. The van der Waals surface area contributed by atoms with Crippen LogP contribution in [0, 0.1) is 6.92 Å². The fourth-order valence-electron chi connectivity index (χ4n) is 2.35. The average molecular weight is 344 g/mol. The van der Waals surface area contributed by atoms with E-state index < -0.39 is 5.97 Å². The molecular weight excluding hydrogens is 330 g/mol. The van der Waals surface area contributed by atoms with E-state index in [9.17, 15) is 4.79 Å².